The summed E-state index contributed by atoms with van der Waals surface area (Å²) in [5, 5.41) is 3.22. The van der Waals surface area contributed by atoms with E-state index in [-0.39, 0.29) is 11.6 Å². The highest BCUT2D eigenvalue weighted by Crippen LogP contribution is 2.37. The Hall–Kier alpha value is -1.88. The third-order valence-corrected chi connectivity index (χ3v) is 6.38. The molecule has 1 N–H and O–H groups in total. The van der Waals surface area contributed by atoms with Crippen LogP contribution in [0.25, 0.3) is 0 Å². The minimum atomic E-state index is -0.977. The Morgan fingerprint density at radius 1 is 1.04 bits per heavy atom. The predicted octanol–water partition coefficient (Wildman–Crippen LogP) is 6.20. The maximum Gasteiger partial charge on any atom is 0.255 e. The van der Waals surface area contributed by atoms with Gasteiger partial charge in [0.25, 0.3) is 5.91 Å². The Morgan fingerprint density at radius 2 is 1.77 bits per heavy atom. The minimum Gasteiger partial charge on any atom is -0.322 e. The molecule has 26 heavy (non-hydrogen) atoms. The molecule has 0 heterocycles. The van der Waals surface area contributed by atoms with Crippen LogP contribution < -0.4 is 5.32 Å². The van der Waals surface area contributed by atoms with E-state index in [0.717, 1.165) is 28.5 Å². The van der Waals surface area contributed by atoms with Crippen LogP contribution in [0.5, 0.6) is 0 Å². The van der Waals surface area contributed by atoms with Crippen LogP contribution in [0, 0.1) is 24.5 Å². The summed E-state index contributed by atoms with van der Waals surface area (Å²) in [7, 11) is 0. The number of amides is 1. The fraction of sp³-hybridized carbons (Fsp3) is 0.381. The Morgan fingerprint density at radius 3 is 2.46 bits per heavy atom. The molecular weight excluding hydrogens is 352 g/mol. The van der Waals surface area contributed by atoms with Gasteiger partial charge in [0.1, 0.15) is 0 Å². The number of hydrogen-bond donors (Lipinski definition) is 1. The number of aryl methyl sites for hydroxylation is 1. The fourth-order valence-electron chi connectivity index (χ4n) is 3.17. The molecule has 0 aromatic heterocycles. The summed E-state index contributed by atoms with van der Waals surface area (Å²) >= 11 is 1.85. The van der Waals surface area contributed by atoms with E-state index in [9.17, 15) is 13.6 Å². The average Bonchev–Trinajstić information content (AvgIpc) is 2.62. The summed E-state index contributed by atoms with van der Waals surface area (Å²) in [6.45, 7) is 4.35. The number of carbonyl (C=O) groups is 1. The summed E-state index contributed by atoms with van der Waals surface area (Å²) in [6.07, 6.45) is 4.92. The van der Waals surface area contributed by atoms with Gasteiger partial charge < -0.3 is 5.32 Å². The maximum absolute atomic E-state index is 13.3. The lowest BCUT2D eigenvalue weighted by Gasteiger charge is -2.26. The van der Waals surface area contributed by atoms with Crippen LogP contribution in [0.4, 0.5) is 14.5 Å². The number of anilines is 1. The summed E-state index contributed by atoms with van der Waals surface area (Å²) in [4.78, 5) is 13.6. The predicted molar refractivity (Wildman–Crippen MR) is 103 cm³/mol. The first-order valence-electron chi connectivity index (χ1n) is 8.96. The van der Waals surface area contributed by atoms with Crippen LogP contribution in [0.1, 0.15) is 48.5 Å². The van der Waals surface area contributed by atoms with E-state index in [1.54, 1.807) is 6.07 Å². The molecule has 1 saturated carbocycles. The van der Waals surface area contributed by atoms with E-state index in [1.165, 1.54) is 31.7 Å². The highest BCUT2D eigenvalue weighted by molar-refractivity contribution is 8.00. The maximum atomic E-state index is 13.3. The van der Waals surface area contributed by atoms with Crippen molar-refractivity contribution in [1.82, 2.24) is 0 Å². The number of hydrogen-bond acceptors (Lipinski definition) is 2. The minimum absolute atomic E-state index is 0.241. The molecule has 3 rings (SSSR count). The molecule has 0 bridgehead atoms. The lowest BCUT2D eigenvalue weighted by Crippen LogP contribution is -2.15. The van der Waals surface area contributed by atoms with Crippen molar-refractivity contribution in [1.29, 1.82) is 0 Å². The van der Waals surface area contributed by atoms with Crippen LogP contribution in [0.15, 0.2) is 41.3 Å². The zero-order chi connectivity index (χ0) is 18.7. The van der Waals surface area contributed by atoms with Crippen molar-refractivity contribution in [3.05, 3.63) is 59.2 Å². The van der Waals surface area contributed by atoms with Gasteiger partial charge in [-0.3, -0.25) is 4.79 Å². The topological polar surface area (TPSA) is 29.1 Å². The van der Waals surface area contributed by atoms with E-state index < -0.39 is 11.6 Å². The standard InChI is InChI=1S/C21H23F2NOS/c1-13-3-8-17(9-4-13)26-20-11-15(6-5-14(20)2)21(25)24-16-7-10-18(22)19(23)12-16/h5-7,10-13,17H,3-4,8-9H2,1-2H3,(H,24,25). The van der Waals surface area contributed by atoms with Crippen molar-refractivity contribution in [2.24, 2.45) is 5.92 Å². The van der Waals surface area contributed by atoms with Crippen LogP contribution in [0.3, 0.4) is 0 Å². The van der Waals surface area contributed by atoms with E-state index in [0.29, 0.717) is 10.8 Å². The normalized spacial score (nSPS) is 20.0. The van der Waals surface area contributed by atoms with Crippen LogP contribution in [-0.4, -0.2) is 11.2 Å². The van der Waals surface area contributed by atoms with Gasteiger partial charge in [-0.25, -0.2) is 8.78 Å². The quantitative estimate of drug-likeness (QED) is 0.690. The van der Waals surface area contributed by atoms with Gasteiger partial charge in [-0.05, 0) is 68.4 Å². The summed E-state index contributed by atoms with van der Waals surface area (Å²) in [6, 6.07) is 8.94. The van der Waals surface area contributed by atoms with Gasteiger partial charge in [-0.1, -0.05) is 13.0 Å². The molecule has 1 amide bonds. The molecule has 0 radical (unpaired) electrons. The van der Waals surface area contributed by atoms with Gasteiger partial charge in [-0.2, -0.15) is 0 Å². The molecule has 0 saturated heterocycles. The van der Waals surface area contributed by atoms with E-state index >= 15 is 0 Å². The summed E-state index contributed by atoms with van der Waals surface area (Å²) in [5.41, 5.74) is 1.91. The third kappa shape index (κ3) is 4.64. The average molecular weight is 375 g/mol. The van der Waals surface area contributed by atoms with Crippen LogP contribution in [-0.2, 0) is 0 Å². The van der Waals surface area contributed by atoms with E-state index in [1.807, 2.05) is 30.8 Å². The van der Waals surface area contributed by atoms with Crippen molar-refractivity contribution < 1.29 is 13.6 Å². The lowest BCUT2D eigenvalue weighted by atomic mass is 9.91. The van der Waals surface area contributed by atoms with Crippen molar-refractivity contribution >= 4 is 23.4 Å². The number of halogens is 2. The second kappa shape index (κ2) is 8.21. The van der Waals surface area contributed by atoms with Gasteiger partial charge >= 0.3 is 0 Å². The van der Waals surface area contributed by atoms with Crippen molar-refractivity contribution in [3.63, 3.8) is 0 Å². The number of rotatable bonds is 4. The largest absolute Gasteiger partial charge is 0.322 e. The fourth-order valence-corrected chi connectivity index (χ4v) is 4.49. The van der Waals surface area contributed by atoms with Gasteiger partial charge in [0.2, 0.25) is 0 Å². The zero-order valence-electron chi connectivity index (χ0n) is 15.0. The van der Waals surface area contributed by atoms with Crippen molar-refractivity contribution in [2.45, 2.75) is 49.7 Å². The Labute approximate surface area is 157 Å². The number of thioether (sulfide) groups is 1. The summed E-state index contributed by atoms with van der Waals surface area (Å²) in [5.74, 6) is -1.43. The molecule has 0 atom stereocenters. The Kier molecular flexibility index (Phi) is 5.97. The van der Waals surface area contributed by atoms with Crippen LogP contribution >= 0.6 is 11.8 Å². The van der Waals surface area contributed by atoms with Crippen LogP contribution in [0.2, 0.25) is 0 Å². The second-order valence-electron chi connectivity index (χ2n) is 7.06. The van der Waals surface area contributed by atoms with Gasteiger partial charge in [0.15, 0.2) is 11.6 Å². The van der Waals surface area contributed by atoms with Crippen molar-refractivity contribution in [2.75, 3.05) is 5.32 Å². The molecule has 2 aromatic carbocycles. The zero-order valence-corrected chi connectivity index (χ0v) is 15.8. The molecular formula is C21H23F2NOS. The molecule has 0 aliphatic heterocycles. The van der Waals surface area contributed by atoms with Gasteiger partial charge in [0, 0.05) is 27.5 Å². The number of carbonyl (C=O) groups excluding carboxylic acids is 1. The summed E-state index contributed by atoms with van der Waals surface area (Å²) < 4.78 is 26.3. The molecule has 5 heteroatoms. The first kappa shape index (κ1) is 18.9. The monoisotopic (exact) mass is 375 g/mol. The van der Waals surface area contributed by atoms with E-state index in [2.05, 4.69) is 12.2 Å². The molecule has 1 aliphatic rings. The molecule has 1 fully saturated rings. The second-order valence-corrected chi connectivity index (χ2v) is 8.41. The highest BCUT2D eigenvalue weighted by atomic mass is 32.2. The number of benzene rings is 2. The van der Waals surface area contributed by atoms with Gasteiger partial charge in [-0.15, -0.1) is 11.8 Å². The SMILES string of the molecule is Cc1ccc(C(=O)Nc2ccc(F)c(F)c2)cc1SC1CCC(C)CC1. The molecule has 2 aromatic rings. The first-order chi connectivity index (χ1) is 12.4. The highest BCUT2D eigenvalue weighted by Gasteiger charge is 2.20. The van der Waals surface area contributed by atoms with E-state index in [4.69, 9.17) is 0 Å². The Balaban J connectivity index is 1.71. The molecule has 1 aliphatic carbocycles. The van der Waals surface area contributed by atoms with Crippen molar-refractivity contribution in [3.8, 4) is 0 Å². The first-order valence-corrected chi connectivity index (χ1v) is 9.84. The van der Waals surface area contributed by atoms with Gasteiger partial charge in [0.05, 0.1) is 0 Å². The molecule has 0 unspecified atom stereocenters. The Bertz CT molecular complexity index is 801. The number of nitrogens with one attached hydrogen (secondary N) is 1. The molecule has 2 nitrogen and oxygen atoms in total. The molecule has 0 spiro atoms. The molecule has 138 valence electrons. The smallest absolute Gasteiger partial charge is 0.255 e. The lowest BCUT2D eigenvalue weighted by molar-refractivity contribution is 0.102. The third-order valence-electron chi connectivity index (χ3n) is 4.88.